The van der Waals surface area contributed by atoms with E-state index < -0.39 is 52.8 Å². The lowest BCUT2D eigenvalue weighted by Crippen LogP contribution is -2.40. The van der Waals surface area contributed by atoms with Crippen molar-refractivity contribution in [2.24, 2.45) is 0 Å². The molecule has 4 N–H and O–H groups in total. The first kappa shape index (κ1) is 45.9. The molecule has 2 saturated heterocycles. The number of hydrogen-bond donors (Lipinski definition) is 4. The standard InChI is InChI=1S/C43H47ClF3N5O7S3/c44-32-10-6-29(7-11-32)39-17-21-58-26-31(39)24-48-18-19-49-33-12-8-30(9-13-33)42(53)51-62(56,57)38-14-15-40(41(23-38)61(54,55)43(45,46)47)50-34(28-60-37-4-2-1-3-5-37)16-20-52-25-36-22-35(52)27-59-36/h1-15,23,34-36,48-50H,16-22,24-28H2,(H,51,53)/t34-,35?,36?/m1/s1. The van der Waals surface area contributed by atoms with Crippen LogP contribution >= 0.6 is 23.4 Å². The molecule has 0 aromatic heterocycles. The van der Waals surface area contributed by atoms with E-state index in [1.807, 2.05) is 59.3 Å². The molecule has 0 spiro atoms. The summed E-state index contributed by atoms with van der Waals surface area (Å²) in [6.07, 6.45) is 2.30. The molecule has 0 radical (unpaired) electrons. The summed E-state index contributed by atoms with van der Waals surface area (Å²) in [6.45, 7) is 4.85. The molecule has 2 unspecified atom stereocenters. The van der Waals surface area contributed by atoms with Gasteiger partial charge in [0.25, 0.3) is 25.8 Å². The number of sulfone groups is 1. The van der Waals surface area contributed by atoms with Crippen molar-refractivity contribution in [3.63, 3.8) is 0 Å². The number of hydrogen-bond acceptors (Lipinski definition) is 12. The van der Waals surface area contributed by atoms with Crippen molar-refractivity contribution in [3.05, 3.63) is 119 Å². The van der Waals surface area contributed by atoms with Gasteiger partial charge in [-0.1, -0.05) is 41.9 Å². The first-order valence-electron chi connectivity index (χ1n) is 20.1. The summed E-state index contributed by atoms with van der Waals surface area (Å²) in [6, 6.07) is 25.2. The van der Waals surface area contributed by atoms with Crippen LogP contribution in [-0.4, -0.2) is 110 Å². The van der Waals surface area contributed by atoms with Gasteiger partial charge in [0.15, 0.2) is 0 Å². The van der Waals surface area contributed by atoms with Crippen molar-refractivity contribution < 1.29 is 44.3 Å². The predicted octanol–water partition coefficient (Wildman–Crippen LogP) is 7.06. The van der Waals surface area contributed by atoms with Crippen LogP contribution in [0.25, 0.3) is 5.57 Å². The van der Waals surface area contributed by atoms with Gasteiger partial charge in [-0.3, -0.25) is 9.69 Å². The molecule has 3 aliphatic rings. The van der Waals surface area contributed by atoms with E-state index in [9.17, 15) is 34.8 Å². The van der Waals surface area contributed by atoms with Gasteiger partial charge < -0.3 is 25.4 Å². The highest BCUT2D eigenvalue weighted by Gasteiger charge is 2.48. The first-order chi connectivity index (χ1) is 29.7. The fraction of sp³-hybridized carbons (Fsp3) is 0.372. The van der Waals surface area contributed by atoms with Crippen LogP contribution in [0.1, 0.15) is 35.2 Å². The lowest BCUT2D eigenvalue weighted by molar-refractivity contribution is -0.0435. The molecule has 19 heteroatoms. The zero-order valence-corrected chi connectivity index (χ0v) is 36.7. The fourth-order valence-corrected chi connectivity index (χ4v) is 10.8. The number of amides is 1. The highest BCUT2D eigenvalue weighted by Crippen LogP contribution is 2.37. The van der Waals surface area contributed by atoms with Crippen LogP contribution in [0.4, 0.5) is 24.5 Å². The number of fused-ring (bicyclic) bond motifs is 2. The monoisotopic (exact) mass is 933 g/mol. The Kier molecular flexibility index (Phi) is 14.9. The van der Waals surface area contributed by atoms with Gasteiger partial charge in [0.05, 0.1) is 36.5 Å². The van der Waals surface area contributed by atoms with Crippen molar-refractivity contribution in [3.8, 4) is 0 Å². The summed E-state index contributed by atoms with van der Waals surface area (Å²) >= 11 is 7.52. The van der Waals surface area contributed by atoms with E-state index >= 15 is 0 Å². The first-order valence-corrected chi connectivity index (χ1v) is 24.4. The minimum atomic E-state index is -6.06. The van der Waals surface area contributed by atoms with Crippen molar-refractivity contribution in [2.45, 2.75) is 57.6 Å². The van der Waals surface area contributed by atoms with Crippen LogP contribution in [0.15, 0.2) is 117 Å². The van der Waals surface area contributed by atoms with Gasteiger partial charge in [-0.25, -0.2) is 21.6 Å². The van der Waals surface area contributed by atoms with Crippen LogP contribution < -0.4 is 20.7 Å². The van der Waals surface area contributed by atoms with E-state index in [-0.39, 0.29) is 17.7 Å². The molecule has 4 aromatic rings. The Morgan fingerprint density at radius 2 is 1.71 bits per heavy atom. The predicted molar refractivity (Wildman–Crippen MR) is 235 cm³/mol. The maximum Gasteiger partial charge on any atom is 0.501 e. The average Bonchev–Trinajstić information content (AvgIpc) is 3.89. The number of alkyl halides is 3. The number of thioether (sulfide) groups is 1. The van der Waals surface area contributed by atoms with E-state index in [4.69, 9.17) is 21.1 Å². The molecule has 2 bridgehead atoms. The summed E-state index contributed by atoms with van der Waals surface area (Å²) in [5.41, 5.74) is -2.04. The van der Waals surface area contributed by atoms with Gasteiger partial charge in [0.2, 0.25) is 0 Å². The molecule has 7 rings (SSSR count). The molecule has 2 fully saturated rings. The van der Waals surface area contributed by atoms with E-state index in [0.717, 1.165) is 47.6 Å². The number of morpholine rings is 1. The number of halogens is 4. The fourth-order valence-electron chi connectivity index (χ4n) is 7.65. The van der Waals surface area contributed by atoms with E-state index in [0.29, 0.717) is 74.9 Å². The van der Waals surface area contributed by atoms with Gasteiger partial charge in [0, 0.05) is 71.7 Å². The molecule has 0 aliphatic carbocycles. The molecule has 3 atom stereocenters. The second kappa shape index (κ2) is 20.1. The normalized spacial score (nSPS) is 18.8. The average molecular weight is 935 g/mol. The summed E-state index contributed by atoms with van der Waals surface area (Å²) in [5.74, 6) is -0.685. The number of carbonyl (C=O) groups is 1. The Hall–Kier alpha value is -4.14. The van der Waals surface area contributed by atoms with Crippen molar-refractivity contribution in [1.82, 2.24) is 14.9 Å². The second-order valence-corrected chi connectivity index (χ2v) is 20.3. The van der Waals surface area contributed by atoms with Gasteiger partial charge in [0.1, 0.15) is 4.90 Å². The summed E-state index contributed by atoms with van der Waals surface area (Å²) in [4.78, 5) is 14.2. The lowest BCUT2D eigenvalue weighted by Gasteiger charge is -2.29. The van der Waals surface area contributed by atoms with Crippen LogP contribution in [0.5, 0.6) is 0 Å². The molecular formula is C43H47ClF3N5O7S3. The number of nitrogens with zero attached hydrogens (tertiary/aromatic N) is 1. The molecule has 332 valence electrons. The van der Waals surface area contributed by atoms with Crippen molar-refractivity contribution in [1.29, 1.82) is 0 Å². The maximum absolute atomic E-state index is 14.1. The minimum Gasteiger partial charge on any atom is -0.384 e. The number of carbonyl (C=O) groups excluding carboxylic acids is 1. The molecule has 3 heterocycles. The zero-order valence-electron chi connectivity index (χ0n) is 33.5. The molecule has 3 aliphatic heterocycles. The van der Waals surface area contributed by atoms with Crippen molar-refractivity contribution in [2.75, 3.05) is 68.9 Å². The molecule has 12 nitrogen and oxygen atoms in total. The zero-order chi connectivity index (χ0) is 43.9. The van der Waals surface area contributed by atoms with Gasteiger partial charge in [-0.05, 0) is 103 Å². The molecule has 0 saturated carbocycles. The molecular weight excluding hydrogens is 887 g/mol. The summed E-state index contributed by atoms with van der Waals surface area (Å²) in [7, 11) is -10.9. The molecule has 4 aromatic carbocycles. The van der Waals surface area contributed by atoms with Crippen LogP contribution in [0.3, 0.4) is 0 Å². The van der Waals surface area contributed by atoms with Crippen molar-refractivity contribution >= 4 is 66.1 Å². The Labute approximate surface area is 368 Å². The number of benzene rings is 4. The Morgan fingerprint density at radius 3 is 2.40 bits per heavy atom. The number of rotatable bonds is 19. The van der Waals surface area contributed by atoms with Gasteiger partial charge in [-0.2, -0.15) is 13.2 Å². The summed E-state index contributed by atoms with van der Waals surface area (Å²) < 4.78 is 109. The van der Waals surface area contributed by atoms with Crippen LogP contribution in [-0.2, 0) is 29.3 Å². The second-order valence-electron chi connectivity index (χ2n) is 15.2. The van der Waals surface area contributed by atoms with E-state index in [2.05, 4.69) is 20.9 Å². The Morgan fingerprint density at radius 1 is 0.952 bits per heavy atom. The third-order valence-corrected chi connectivity index (χ3v) is 15.2. The van der Waals surface area contributed by atoms with Gasteiger partial charge >= 0.3 is 5.51 Å². The molecule has 62 heavy (non-hydrogen) atoms. The Bertz CT molecular complexity index is 2450. The third kappa shape index (κ3) is 11.5. The minimum absolute atomic E-state index is 0.0471. The smallest absolute Gasteiger partial charge is 0.384 e. The largest absolute Gasteiger partial charge is 0.501 e. The summed E-state index contributed by atoms with van der Waals surface area (Å²) in [5, 5.41) is 10.3. The van der Waals surface area contributed by atoms with Crippen LogP contribution in [0, 0.1) is 0 Å². The Balaban J connectivity index is 0.988. The molecule has 1 amide bonds. The number of sulfonamides is 1. The number of anilines is 2. The van der Waals surface area contributed by atoms with Gasteiger partial charge in [-0.15, -0.1) is 11.8 Å². The maximum atomic E-state index is 14.1. The van der Waals surface area contributed by atoms with E-state index in [1.54, 1.807) is 12.1 Å². The highest BCUT2D eigenvalue weighted by molar-refractivity contribution is 7.99. The lowest BCUT2D eigenvalue weighted by atomic mass is 9.96. The highest BCUT2D eigenvalue weighted by atomic mass is 35.5. The number of ether oxygens (including phenoxy) is 2. The number of likely N-dealkylation sites (tertiary alicyclic amines) is 1. The topological polar surface area (TPSA) is 155 Å². The number of nitrogens with one attached hydrogen (secondary N) is 4. The van der Waals surface area contributed by atoms with E-state index in [1.165, 1.54) is 29.5 Å². The van der Waals surface area contributed by atoms with Crippen LogP contribution in [0.2, 0.25) is 5.02 Å². The third-order valence-electron chi connectivity index (χ3n) is 10.9. The quantitative estimate of drug-likeness (QED) is 0.0562. The SMILES string of the molecule is O=C(NS(=O)(=O)c1ccc(N[C@H](CCN2CC3CC2CO3)CSc2ccccc2)c(S(=O)(=O)C(F)(F)F)c1)c1ccc(NCCNCC2=C(c3ccc(Cl)cc3)CCOC2)cc1.